The van der Waals surface area contributed by atoms with E-state index in [0.717, 1.165) is 30.5 Å². The average molecular weight is 276 g/mol. The standard InChI is InChI=1S/C14H16N2O2S/c17-12(10-4-2-1-3-5-10)8-16-9-15-13-11(14(16)18)6-7-19-13/h6-7,9-10H,1-5,8H2. The molecule has 0 radical (unpaired) electrons. The predicted molar refractivity (Wildman–Crippen MR) is 75.5 cm³/mol. The molecule has 0 aliphatic heterocycles. The van der Waals surface area contributed by atoms with Crippen LogP contribution < -0.4 is 5.56 Å². The molecule has 19 heavy (non-hydrogen) atoms. The molecule has 1 aliphatic rings. The average Bonchev–Trinajstić information content (AvgIpc) is 2.92. The van der Waals surface area contributed by atoms with E-state index in [1.165, 1.54) is 28.7 Å². The van der Waals surface area contributed by atoms with Crippen LogP contribution in [0.3, 0.4) is 0 Å². The molecule has 2 aromatic rings. The lowest BCUT2D eigenvalue weighted by molar-refractivity contribution is -0.124. The highest BCUT2D eigenvalue weighted by Crippen LogP contribution is 2.24. The molecule has 4 nitrogen and oxygen atoms in total. The van der Waals surface area contributed by atoms with Crippen molar-refractivity contribution in [1.82, 2.24) is 9.55 Å². The van der Waals surface area contributed by atoms with E-state index < -0.39 is 0 Å². The van der Waals surface area contributed by atoms with Crippen LogP contribution in [0.25, 0.3) is 10.2 Å². The second-order valence-electron chi connectivity index (χ2n) is 5.12. The van der Waals surface area contributed by atoms with Gasteiger partial charge in [0.1, 0.15) is 4.83 Å². The summed E-state index contributed by atoms with van der Waals surface area (Å²) in [6.45, 7) is 0.169. The Morgan fingerprint density at radius 2 is 2.16 bits per heavy atom. The predicted octanol–water partition coefficient (Wildman–Crippen LogP) is 2.61. The minimum atomic E-state index is -0.101. The van der Waals surface area contributed by atoms with E-state index >= 15 is 0 Å². The van der Waals surface area contributed by atoms with E-state index in [4.69, 9.17) is 0 Å². The summed E-state index contributed by atoms with van der Waals surface area (Å²) in [6, 6.07) is 1.77. The quantitative estimate of drug-likeness (QED) is 0.866. The zero-order valence-electron chi connectivity index (χ0n) is 10.7. The molecule has 2 aromatic heterocycles. The number of aromatic nitrogens is 2. The van der Waals surface area contributed by atoms with Gasteiger partial charge < -0.3 is 0 Å². The van der Waals surface area contributed by atoms with Gasteiger partial charge in [0.15, 0.2) is 5.78 Å². The van der Waals surface area contributed by atoms with Gasteiger partial charge in [0.2, 0.25) is 0 Å². The minimum Gasteiger partial charge on any atom is -0.297 e. The molecular formula is C14H16N2O2S. The number of nitrogens with zero attached hydrogens (tertiary/aromatic N) is 2. The highest BCUT2D eigenvalue weighted by atomic mass is 32.1. The van der Waals surface area contributed by atoms with Crippen molar-refractivity contribution in [3.63, 3.8) is 0 Å². The lowest BCUT2D eigenvalue weighted by Crippen LogP contribution is -2.28. The molecule has 0 spiro atoms. The summed E-state index contributed by atoms with van der Waals surface area (Å²) in [5.41, 5.74) is -0.101. The molecule has 1 saturated carbocycles. The molecule has 0 bridgehead atoms. The van der Waals surface area contributed by atoms with Crippen molar-refractivity contribution in [1.29, 1.82) is 0 Å². The van der Waals surface area contributed by atoms with Crippen molar-refractivity contribution in [2.45, 2.75) is 38.6 Å². The first-order chi connectivity index (χ1) is 9.25. The van der Waals surface area contributed by atoms with Gasteiger partial charge in [0, 0.05) is 5.92 Å². The zero-order chi connectivity index (χ0) is 13.2. The van der Waals surface area contributed by atoms with Crippen LogP contribution in [0.2, 0.25) is 0 Å². The van der Waals surface area contributed by atoms with Gasteiger partial charge in [-0.1, -0.05) is 19.3 Å². The van der Waals surface area contributed by atoms with Crippen molar-refractivity contribution in [2.75, 3.05) is 0 Å². The van der Waals surface area contributed by atoms with Gasteiger partial charge >= 0.3 is 0 Å². The summed E-state index contributed by atoms with van der Waals surface area (Å²) in [4.78, 5) is 29.4. The molecule has 0 N–H and O–H groups in total. The second-order valence-corrected chi connectivity index (χ2v) is 6.01. The molecular weight excluding hydrogens is 260 g/mol. The molecule has 0 amide bonds. The third-order valence-electron chi connectivity index (χ3n) is 3.84. The highest BCUT2D eigenvalue weighted by molar-refractivity contribution is 7.16. The fourth-order valence-electron chi connectivity index (χ4n) is 2.73. The Morgan fingerprint density at radius 1 is 1.37 bits per heavy atom. The summed E-state index contributed by atoms with van der Waals surface area (Å²) < 4.78 is 1.45. The Balaban J connectivity index is 1.82. The van der Waals surface area contributed by atoms with E-state index in [0.29, 0.717) is 5.39 Å². The number of carbonyl (C=O) groups excluding carboxylic acids is 1. The Bertz CT molecular complexity index is 653. The molecule has 0 saturated heterocycles. The van der Waals surface area contributed by atoms with Gasteiger partial charge in [-0.25, -0.2) is 4.98 Å². The molecule has 0 atom stereocenters. The third-order valence-corrected chi connectivity index (χ3v) is 4.66. The number of rotatable bonds is 3. The summed E-state index contributed by atoms with van der Waals surface area (Å²) in [7, 11) is 0. The normalized spacial score (nSPS) is 16.8. The van der Waals surface area contributed by atoms with E-state index in [9.17, 15) is 9.59 Å². The number of thiophene rings is 1. The van der Waals surface area contributed by atoms with Gasteiger partial charge in [-0.3, -0.25) is 14.2 Å². The van der Waals surface area contributed by atoms with Crippen LogP contribution >= 0.6 is 11.3 Å². The Labute approximate surface area is 115 Å². The van der Waals surface area contributed by atoms with Crippen LogP contribution in [0.15, 0.2) is 22.6 Å². The Morgan fingerprint density at radius 3 is 2.95 bits per heavy atom. The van der Waals surface area contributed by atoms with Gasteiger partial charge in [0.25, 0.3) is 5.56 Å². The molecule has 3 rings (SSSR count). The maximum Gasteiger partial charge on any atom is 0.262 e. The molecule has 0 aromatic carbocycles. The van der Waals surface area contributed by atoms with Crippen LogP contribution in [0.4, 0.5) is 0 Å². The number of carbonyl (C=O) groups is 1. The molecule has 1 fully saturated rings. The molecule has 100 valence electrons. The van der Waals surface area contributed by atoms with Crippen LogP contribution in [-0.2, 0) is 11.3 Å². The number of ketones is 1. The third kappa shape index (κ3) is 2.47. The number of hydrogen-bond donors (Lipinski definition) is 0. The van der Waals surface area contributed by atoms with E-state index in [-0.39, 0.29) is 23.8 Å². The molecule has 5 heteroatoms. The van der Waals surface area contributed by atoms with Crippen LogP contribution in [0, 0.1) is 5.92 Å². The minimum absolute atomic E-state index is 0.101. The van der Waals surface area contributed by atoms with Crippen molar-refractivity contribution in [2.24, 2.45) is 5.92 Å². The van der Waals surface area contributed by atoms with E-state index in [2.05, 4.69) is 4.98 Å². The van der Waals surface area contributed by atoms with Gasteiger partial charge in [-0.05, 0) is 24.3 Å². The maximum absolute atomic E-state index is 12.2. The van der Waals surface area contributed by atoms with Crippen molar-refractivity contribution < 1.29 is 4.79 Å². The van der Waals surface area contributed by atoms with Crippen molar-refractivity contribution in [3.05, 3.63) is 28.1 Å². The Hall–Kier alpha value is -1.49. The first kappa shape index (κ1) is 12.5. The first-order valence-corrected chi connectivity index (χ1v) is 7.59. The monoisotopic (exact) mass is 276 g/mol. The number of fused-ring (bicyclic) bond motifs is 1. The fraction of sp³-hybridized carbons (Fsp3) is 0.500. The lowest BCUT2D eigenvalue weighted by atomic mass is 9.86. The van der Waals surface area contributed by atoms with Gasteiger partial charge in [-0.2, -0.15) is 0 Å². The summed E-state index contributed by atoms with van der Waals surface area (Å²) in [5, 5.41) is 2.47. The van der Waals surface area contributed by atoms with Crippen molar-refractivity contribution >= 4 is 27.3 Å². The smallest absolute Gasteiger partial charge is 0.262 e. The Kier molecular flexibility index (Phi) is 3.46. The summed E-state index contributed by atoms with van der Waals surface area (Å²) >= 11 is 1.45. The van der Waals surface area contributed by atoms with E-state index in [1.54, 1.807) is 6.07 Å². The molecule has 1 aliphatic carbocycles. The SMILES string of the molecule is O=C(Cn1cnc2sccc2c1=O)C1CCCCC1. The van der Waals surface area contributed by atoms with Crippen molar-refractivity contribution in [3.8, 4) is 0 Å². The molecule has 0 unspecified atom stereocenters. The number of hydrogen-bond acceptors (Lipinski definition) is 4. The summed E-state index contributed by atoms with van der Waals surface area (Å²) in [5.74, 6) is 0.317. The van der Waals surface area contributed by atoms with E-state index in [1.807, 2.05) is 5.38 Å². The molecule has 2 heterocycles. The summed E-state index contributed by atoms with van der Waals surface area (Å²) in [6.07, 6.45) is 6.94. The topological polar surface area (TPSA) is 52.0 Å². The lowest BCUT2D eigenvalue weighted by Gasteiger charge is -2.20. The van der Waals surface area contributed by atoms with Crippen LogP contribution in [-0.4, -0.2) is 15.3 Å². The second kappa shape index (κ2) is 5.25. The highest BCUT2D eigenvalue weighted by Gasteiger charge is 2.21. The van der Waals surface area contributed by atoms with Gasteiger partial charge in [-0.15, -0.1) is 11.3 Å². The maximum atomic E-state index is 12.2. The van der Waals surface area contributed by atoms with Crippen LogP contribution in [0.5, 0.6) is 0 Å². The fourth-order valence-corrected chi connectivity index (χ4v) is 3.45. The largest absolute Gasteiger partial charge is 0.297 e. The van der Waals surface area contributed by atoms with Gasteiger partial charge in [0.05, 0.1) is 18.3 Å². The van der Waals surface area contributed by atoms with Crippen LogP contribution in [0.1, 0.15) is 32.1 Å². The zero-order valence-corrected chi connectivity index (χ0v) is 11.5. The number of Topliss-reactive ketones (excluding diaryl/α,β-unsaturated/α-hetero) is 1. The first-order valence-electron chi connectivity index (χ1n) is 6.71.